The van der Waals surface area contributed by atoms with Crippen molar-refractivity contribution in [2.75, 3.05) is 19.3 Å². The van der Waals surface area contributed by atoms with Gasteiger partial charge in [0, 0.05) is 30.8 Å². The highest BCUT2D eigenvalue weighted by Crippen LogP contribution is 2.33. The molecule has 1 aliphatic heterocycles. The summed E-state index contributed by atoms with van der Waals surface area (Å²) in [6.07, 6.45) is 1.10. The molecule has 1 heterocycles. The number of benzene rings is 2. The van der Waals surface area contributed by atoms with Crippen molar-refractivity contribution in [2.24, 2.45) is 5.92 Å². The molecule has 7 heteroatoms. The van der Waals surface area contributed by atoms with E-state index >= 15 is 0 Å². The molecule has 3 rings (SSSR count). The number of hydrogen-bond acceptors (Lipinski definition) is 4. The van der Waals surface area contributed by atoms with Crippen LogP contribution in [0.25, 0.3) is 0 Å². The van der Waals surface area contributed by atoms with Gasteiger partial charge in [-0.2, -0.15) is 0 Å². The standard InChI is InChI=1S/C19H19NO5S/c1-26(24,25)15-9-7-14(8-10-15)18(21)20-11-16(17(12-20)19(22)23)13-5-3-2-4-6-13/h2-10,16-17H,11-12H2,1H3,(H,22,23). The Bertz CT molecular complexity index is 922. The molecule has 136 valence electrons. The molecule has 2 aromatic carbocycles. The van der Waals surface area contributed by atoms with E-state index in [2.05, 4.69) is 0 Å². The van der Waals surface area contributed by atoms with E-state index in [1.54, 1.807) is 0 Å². The number of hydrogen-bond donors (Lipinski definition) is 1. The number of nitrogens with zero attached hydrogens (tertiary/aromatic N) is 1. The van der Waals surface area contributed by atoms with E-state index in [0.29, 0.717) is 12.1 Å². The van der Waals surface area contributed by atoms with Gasteiger partial charge in [-0.3, -0.25) is 9.59 Å². The number of carbonyl (C=O) groups is 2. The second-order valence-corrected chi connectivity index (χ2v) is 8.48. The summed E-state index contributed by atoms with van der Waals surface area (Å²) >= 11 is 0. The van der Waals surface area contributed by atoms with Crippen LogP contribution in [-0.2, 0) is 14.6 Å². The molecule has 26 heavy (non-hydrogen) atoms. The van der Waals surface area contributed by atoms with Crippen LogP contribution < -0.4 is 0 Å². The van der Waals surface area contributed by atoms with Gasteiger partial charge in [0.1, 0.15) is 0 Å². The molecule has 0 saturated carbocycles. The Kier molecular flexibility index (Phi) is 4.82. The van der Waals surface area contributed by atoms with Crippen LogP contribution in [0.15, 0.2) is 59.5 Å². The van der Waals surface area contributed by atoms with Crippen molar-refractivity contribution in [1.82, 2.24) is 4.90 Å². The summed E-state index contributed by atoms with van der Waals surface area (Å²) in [6, 6.07) is 15.0. The maximum absolute atomic E-state index is 12.7. The maximum atomic E-state index is 12.7. The topological polar surface area (TPSA) is 91.8 Å². The van der Waals surface area contributed by atoms with E-state index in [9.17, 15) is 23.1 Å². The summed E-state index contributed by atoms with van der Waals surface area (Å²) < 4.78 is 23.1. The Morgan fingerprint density at radius 1 is 1.00 bits per heavy atom. The summed E-state index contributed by atoms with van der Waals surface area (Å²) in [5.41, 5.74) is 1.23. The van der Waals surface area contributed by atoms with Crippen LogP contribution in [0, 0.1) is 5.92 Å². The van der Waals surface area contributed by atoms with Gasteiger partial charge in [-0.15, -0.1) is 0 Å². The second-order valence-electron chi connectivity index (χ2n) is 6.47. The van der Waals surface area contributed by atoms with Gasteiger partial charge >= 0.3 is 5.97 Å². The summed E-state index contributed by atoms with van der Waals surface area (Å²) in [4.78, 5) is 26.0. The molecule has 1 saturated heterocycles. The largest absolute Gasteiger partial charge is 0.481 e. The first-order valence-corrected chi connectivity index (χ1v) is 10.0. The number of carbonyl (C=O) groups excluding carboxylic acids is 1. The van der Waals surface area contributed by atoms with Crippen LogP contribution in [0.5, 0.6) is 0 Å². The van der Waals surface area contributed by atoms with Crippen LogP contribution >= 0.6 is 0 Å². The molecule has 0 aromatic heterocycles. The molecular weight excluding hydrogens is 354 g/mol. The zero-order valence-corrected chi connectivity index (χ0v) is 15.0. The molecule has 2 aromatic rings. The van der Waals surface area contributed by atoms with Crippen molar-refractivity contribution in [3.8, 4) is 0 Å². The van der Waals surface area contributed by atoms with Gasteiger partial charge < -0.3 is 10.0 Å². The summed E-state index contributed by atoms with van der Waals surface area (Å²) in [5.74, 6) is -2.17. The van der Waals surface area contributed by atoms with E-state index in [0.717, 1.165) is 11.8 Å². The third-order valence-corrected chi connectivity index (χ3v) is 5.81. The molecule has 0 radical (unpaired) electrons. The number of carboxylic acid groups (broad SMARTS) is 1. The van der Waals surface area contributed by atoms with E-state index in [4.69, 9.17) is 0 Å². The van der Waals surface area contributed by atoms with Crippen LogP contribution in [0.3, 0.4) is 0 Å². The molecule has 2 unspecified atom stereocenters. The van der Waals surface area contributed by atoms with Crippen molar-refractivity contribution >= 4 is 21.7 Å². The van der Waals surface area contributed by atoms with Crippen LogP contribution in [0.2, 0.25) is 0 Å². The van der Waals surface area contributed by atoms with E-state index in [1.807, 2.05) is 30.3 Å². The summed E-state index contributed by atoms with van der Waals surface area (Å²) in [5, 5.41) is 9.54. The molecule has 1 N–H and O–H groups in total. The Balaban J connectivity index is 1.83. The van der Waals surface area contributed by atoms with Crippen molar-refractivity contribution in [3.05, 3.63) is 65.7 Å². The second kappa shape index (κ2) is 6.92. The third-order valence-electron chi connectivity index (χ3n) is 4.68. The molecular formula is C19H19NO5S. The Morgan fingerprint density at radius 3 is 2.15 bits per heavy atom. The lowest BCUT2D eigenvalue weighted by Gasteiger charge is -2.17. The van der Waals surface area contributed by atoms with Gasteiger partial charge in [-0.05, 0) is 29.8 Å². The summed E-state index contributed by atoms with van der Waals surface area (Å²) in [7, 11) is -3.33. The highest BCUT2D eigenvalue weighted by molar-refractivity contribution is 7.90. The van der Waals surface area contributed by atoms with Crippen molar-refractivity contribution in [3.63, 3.8) is 0 Å². The number of likely N-dealkylation sites (tertiary alicyclic amines) is 1. The van der Waals surface area contributed by atoms with Gasteiger partial charge in [0.2, 0.25) is 0 Å². The molecule has 6 nitrogen and oxygen atoms in total. The average molecular weight is 373 g/mol. The molecule has 1 aliphatic rings. The fraction of sp³-hybridized carbons (Fsp3) is 0.263. The fourth-order valence-corrected chi connectivity index (χ4v) is 3.92. The number of amides is 1. The Hall–Kier alpha value is -2.67. The number of carboxylic acids is 1. The smallest absolute Gasteiger partial charge is 0.308 e. The minimum atomic E-state index is -3.33. The van der Waals surface area contributed by atoms with Gasteiger partial charge in [0.05, 0.1) is 10.8 Å². The lowest BCUT2D eigenvalue weighted by molar-refractivity contribution is -0.141. The van der Waals surface area contributed by atoms with Crippen molar-refractivity contribution in [2.45, 2.75) is 10.8 Å². The predicted octanol–water partition coefficient (Wildman–Crippen LogP) is 2.03. The SMILES string of the molecule is CS(=O)(=O)c1ccc(C(=O)N2CC(C(=O)O)C(c3ccccc3)C2)cc1. The molecule has 1 amide bonds. The average Bonchev–Trinajstić information content (AvgIpc) is 3.07. The Labute approximate surface area is 152 Å². The monoisotopic (exact) mass is 373 g/mol. The molecule has 1 fully saturated rings. The van der Waals surface area contributed by atoms with Crippen LogP contribution in [-0.4, -0.2) is 49.6 Å². The number of sulfone groups is 1. The fourth-order valence-electron chi connectivity index (χ4n) is 3.29. The van der Waals surface area contributed by atoms with E-state index < -0.39 is 21.7 Å². The summed E-state index contributed by atoms with van der Waals surface area (Å²) in [6.45, 7) is 0.440. The predicted molar refractivity (Wildman–Crippen MR) is 95.8 cm³/mol. The molecule has 0 spiro atoms. The van der Waals surface area contributed by atoms with E-state index in [-0.39, 0.29) is 23.3 Å². The van der Waals surface area contributed by atoms with Gasteiger partial charge in [0.25, 0.3) is 5.91 Å². The first-order valence-electron chi connectivity index (χ1n) is 8.14. The lowest BCUT2D eigenvalue weighted by atomic mass is 9.89. The highest BCUT2D eigenvalue weighted by Gasteiger charge is 2.40. The minimum Gasteiger partial charge on any atom is -0.481 e. The highest BCUT2D eigenvalue weighted by atomic mass is 32.2. The number of rotatable bonds is 4. The minimum absolute atomic E-state index is 0.127. The van der Waals surface area contributed by atoms with Crippen molar-refractivity contribution < 1.29 is 23.1 Å². The molecule has 2 atom stereocenters. The van der Waals surface area contributed by atoms with Crippen LogP contribution in [0.4, 0.5) is 0 Å². The Morgan fingerprint density at radius 2 is 1.62 bits per heavy atom. The number of aliphatic carboxylic acids is 1. The maximum Gasteiger partial charge on any atom is 0.308 e. The third kappa shape index (κ3) is 3.62. The van der Waals surface area contributed by atoms with Gasteiger partial charge in [0.15, 0.2) is 9.84 Å². The molecule has 0 bridgehead atoms. The van der Waals surface area contributed by atoms with Crippen LogP contribution in [0.1, 0.15) is 21.8 Å². The lowest BCUT2D eigenvalue weighted by Crippen LogP contribution is -2.29. The van der Waals surface area contributed by atoms with Gasteiger partial charge in [-0.25, -0.2) is 8.42 Å². The molecule has 0 aliphatic carbocycles. The first kappa shape index (κ1) is 18.1. The normalized spacial score (nSPS) is 20.1. The van der Waals surface area contributed by atoms with E-state index in [1.165, 1.54) is 29.2 Å². The zero-order valence-electron chi connectivity index (χ0n) is 14.2. The quantitative estimate of drug-likeness (QED) is 0.885. The van der Waals surface area contributed by atoms with Gasteiger partial charge in [-0.1, -0.05) is 30.3 Å². The first-order chi connectivity index (χ1) is 12.3. The van der Waals surface area contributed by atoms with Crippen molar-refractivity contribution in [1.29, 1.82) is 0 Å². The zero-order chi connectivity index (χ0) is 18.9.